The van der Waals surface area contributed by atoms with Crippen LogP contribution in [0.5, 0.6) is 0 Å². The zero-order valence-corrected chi connectivity index (χ0v) is 12.3. The van der Waals surface area contributed by atoms with E-state index >= 15 is 0 Å². The summed E-state index contributed by atoms with van der Waals surface area (Å²) in [6.45, 7) is 6.66. The van der Waals surface area contributed by atoms with Gasteiger partial charge in [-0.1, -0.05) is 0 Å². The van der Waals surface area contributed by atoms with E-state index in [1.807, 2.05) is 20.8 Å². The molecule has 1 amide bonds. The molecule has 0 radical (unpaired) electrons. The van der Waals surface area contributed by atoms with Crippen LogP contribution in [-0.2, 0) is 10.3 Å². The van der Waals surface area contributed by atoms with Crippen LogP contribution in [-0.4, -0.2) is 39.7 Å². The number of nitrogens with zero attached hydrogens (tertiary/aromatic N) is 3. The molecular formula is C14H22N4O2. The molecule has 1 aliphatic rings. The Kier molecular flexibility index (Phi) is 3.94. The number of hydrogen-bond acceptors (Lipinski definition) is 5. The number of carbonyl (C=O) groups is 1. The monoisotopic (exact) mass is 278 g/mol. The van der Waals surface area contributed by atoms with Gasteiger partial charge in [0.15, 0.2) is 0 Å². The lowest BCUT2D eigenvalue weighted by Crippen LogP contribution is -2.54. The SMILES string of the molecule is CC(C)(C)OC(=O)N1CCCC(N)(c2cncnc2)C1. The molecule has 0 aliphatic carbocycles. The van der Waals surface area contributed by atoms with E-state index < -0.39 is 11.1 Å². The first-order valence-electron chi connectivity index (χ1n) is 6.82. The molecule has 1 unspecified atom stereocenters. The second-order valence-corrected chi connectivity index (χ2v) is 6.29. The van der Waals surface area contributed by atoms with Crippen LogP contribution >= 0.6 is 0 Å². The van der Waals surface area contributed by atoms with Crippen molar-refractivity contribution >= 4 is 6.09 Å². The number of aromatic nitrogens is 2. The Balaban J connectivity index is 2.11. The average molecular weight is 278 g/mol. The second-order valence-electron chi connectivity index (χ2n) is 6.29. The lowest BCUT2D eigenvalue weighted by molar-refractivity contribution is 0.0137. The van der Waals surface area contributed by atoms with Crippen LogP contribution < -0.4 is 5.73 Å². The topological polar surface area (TPSA) is 81.3 Å². The fourth-order valence-electron chi connectivity index (χ4n) is 2.36. The molecule has 20 heavy (non-hydrogen) atoms. The summed E-state index contributed by atoms with van der Waals surface area (Å²) in [5, 5.41) is 0. The van der Waals surface area contributed by atoms with Gasteiger partial charge in [0, 0.05) is 31.0 Å². The third-order valence-corrected chi connectivity index (χ3v) is 3.31. The Morgan fingerprint density at radius 2 is 2.05 bits per heavy atom. The summed E-state index contributed by atoms with van der Waals surface area (Å²) in [5.41, 5.74) is 6.20. The minimum Gasteiger partial charge on any atom is -0.444 e. The van der Waals surface area contributed by atoms with Crippen LogP contribution in [0.3, 0.4) is 0 Å². The molecular weight excluding hydrogens is 256 g/mol. The van der Waals surface area contributed by atoms with E-state index in [1.165, 1.54) is 6.33 Å². The molecule has 1 aromatic heterocycles. The van der Waals surface area contributed by atoms with Crippen LogP contribution in [0.2, 0.25) is 0 Å². The van der Waals surface area contributed by atoms with E-state index in [2.05, 4.69) is 9.97 Å². The summed E-state index contributed by atoms with van der Waals surface area (Å²) in [6.07, 6.45) is 6.23. The molecule has 1 aliphatic heterocycles. The van der Waals surface area contributed by atoms with Crippen molar-refractivity contribution in [1.82, 2.24) is 14.9 Å². The molecule has 2 N–H and O–H groups in total. The van der Waals surface area contributed by atoms with E-state index in [0.717, 1.165) is 18.4 Å². The molecule has 0 saturated carbocycles. The Morgan fingerprint density at radius 3 is 2.65 bits per heavy atom. The summed E-state index contributed by atoms with van der Waals surface area (Å²) in [6, 6.07) is 0. The molecule has 1 atom stereocenters. The van der Waals surface area contributed by atoms with E-state index in [-0.39, 0.29) is 6.09 Å². The summed E-state index contributed by atoms with van der Waals surface area (Å²) in [4.78, 5) is 21.8. The number of amides is 1. The summed E-state index contributed by atoms with van der Waals surface area (Å²) >= 11 is 0. The first-order valence-corrected chi connectivity index (χ1v) is 6.82. The van der Waals surface area contributed by atoms with Gasteiger partial charge in [-0.05, 0) is 33.6 Å². The van der Waals surface area contributed by atoms with Gasteiger partial charge in [0.2, 0.25) is 0 Å². The number of nitrogens with two attached hydrogens (primary N) is 1. The van der Waals surface area contributed by atoms with Crippen LogP contribution in [0, 0.1) is 0 Å². The lowest BCUT2D eigenvalue weighted by Gasteiger charge is -2.40. The van der Waals surface area contributed by atoms with E-state index in [1.54, 1.807) is 17.3 Å². The molecule has 6 nitrogen and oxygen atoms in total. The van der Waals surface area contributed by atoms with Gasteiger partial charge in [0.1, 0.15) is 11.9 Å². The summed E-state index contributed by atoms with van der Waals surface area (Å²) in [5.74, 6) is 0. The smallest absolute Gasteiger partial charge is 0.410 e. The number of carbonyl (C=O) groups excluding carboxylic acids is 1. The van der Waals surface area contributed by atoms with Crippen molar-refractivity contribution in [2.45, 2.75) is 44.8 Å². The summed E-state index contributed by atoms with van der Waals surface area (Å²) < 4.78 is 5.41. The number of piperidine rings is 1. The largest absolute Gasteiger partial charge is 0.444 e. The molecule has 6 heteroatoms. The van der Waals surface area contributed by atoms with Gasteiger partial charge >= 0.3 is 6.09 Å². The number of rotatable bonds is 1. The lowest BCUT2D eigenvalue weighted by atomic mass is 9.85. The van der Waals surface area contributed by atoms with Gasteiger partial charge < -0.3 is 15.4 Å². The number of ether oxygens (including phenoxy) is 1. The second kappa shape index (κ2) is 5.36. The van der Waals surface area contributed by atoms with Crippen LogP contribution in [0.1, 0.15) is 39.2 Å². The van der Waals surface area contributed by atoms with Crippen LogP contribution in [0.4, 0.5) is 4.79 Å². The minimum absolute atomic E-state index is 0.316. The zero-order valence-electron chi connectivity index (χ0n) is 12.3. The molecule has 0 aromatic carbocycles. The van der Waals surface area contributed by atoms with Crippen molar-refractivity contribution in [3.8, 4) is 0 Å². The van der Waals surface area contributed by atoms with Crippen molar-refractivity contribution < 1.29 is 9.53 Å². The quantitative estimate of drug-likeness (QED) is 0.845. The van der Waals surface area contributed by atoms with Crippen LogP contribution in [0.15, 0.2) is 18.7 Å². The summed E-state index contributed by atoms with van der Waals surface area (Å²) in [7, 11) is 0. The molecule has 2 heterocycles. The average Bonchev–Trinajstić information content (AvgIpc) is 2.38. The highest BCUT2D eigenvalue weighted by molar-refractivity contribution is 5.68. The van der Waals surface area contributed by atoms with E-state index in [0.29, 0.717) is 13.1 Å². The molecule has 0 spiro atoms. The Labute approximate surface area is 119 Å². The van der Waals surface area contributed by atoms with Crippen molar-refractivity contribution in [2.24, 2.45) is 5.73 Å². The predicted octanol–water partition coefficient (Wildman–Crippen LogP) is 1.66. The normalized spacial score (nSPS) is 23.5. The predicted molar refractivity (Wildman–Crippen MR) is 74.9 cm³/mol. The van der Waals surface area contributed by atoms with E-state index in [4.69, 9.17) is 10.5 Å². The Morgan fingerprint density at radius 1 is 1.40 bits per heavy atom. The highest BCUT2D eigenvalue weighted by atomic mass is 16.6. The fourth-order valence-corrected chi connectivity index (χ4v) is 2.36. The molecule has 1 aromatic rings. The Hall–Kier alpha value is -1.69. The van der Waals surface area contributed by atoms with Gasteiger partial charge in [0.25, 0.3) is 0 Å². The Bertz CT molecular complexity index is 472. The van der Waals surface area contributed by atoms with Crippen molar-refractivity contribution in [1.29, 1.82) is 0 Å². The van der Waals surface area contributed by atoms with Gasteiger partial charge in [-0.2, -0.15) is 0 Å². The first kappa shape index (κ1) is 14.7. The molecule has 2 rings (SSSR count). The highest BCUT2D eigenvalue weighted by Crippen LogP contribution is 2.29. The fraction of sp³-hybridized carbons (Fsp3) is 0.643. The van der Waals surface area contributed by atoms with Crippen molar-refractivity contribution in [2.75, 3.05) is 13.1 Å². The molecule has 1 fully saturated rings. The van der Waals surface area contributed by atoms with Gasteiger partial charge in [-0.25, -0.2) is 14.8 Å². The van der Waals surface area contributed by atoms with Gasteiger partial charge in [-0.3, -0.25) is 0 Å². The third-order valence-electron chi connectivity index (χ3n) is 3.31. The maximum absolute atomic E-state index is 12.1. The third kappa shape index (κ3) is 3.45. The van der Waals surface area contributed by atoms with Crippen LogP contribution in [0.25, 0.3) is 0 Å². The van der Waals surface area contributed by atoms with Gasteiger partial charge in [0.05, 0.1) is 5.54 Å². The highest BCUT2D eigenvalue weighted by Gasteiger charge is 2.37. The molecule has 0 bridgehead atoms. The van der Waals surface area contributed by atoms with Crippen molar-refractivity contribution in [3.63, 3.8) is 0 Å². The maximum Gasteiger partial charge on any atom is 0.410 e. The molecule has 1 saturated heterocycles. The molecule has 110 valence electrons. The number of hydrogen-bond donors (Lipinski definition) is 1. The minimum atomic E-state index is -0.601. The van der Waals surface area contributed by atoms with E-state index in [9.17, 15) is 4.79 Å². The standard InChI is InChI=1S/C14H22N4O2/c1-13(2,3)20-12(19)18-6-4-5-14(15,9-18)11-7-16-10-17-8-11/h7-8,10H,4-6,9,15H2,1-3H3. The van der Waals surface area contributed by atoms with Gasteiger partial charge in [-0.15, -0.1) is 0 Å². The maximum atomic E-state index is 12.1. The zero-order chi connectivity index (χ0) is 14.8. The number of likely N-dealkylation sites (tertiary alicyclic amines) is 1. The first-order chi connectivity index (χ1) is 9.30. The van der Waals surface area contributed by atoms with Crippen molar-refractivity contribution in [3.05, 3.63) is 24.3 Å².